The van der Waals surface area contributed by atoms with Gasteiger partial charge in [-0.25, -0.2) is 10.2 Å². The van der Waals surface area contributed by atoms with Crippen molar-refractivity contribution in [1.29, 1.82) is 0 Å². The summed E-state index contributed by atoms with van der Waals surface area (Å²) in [4.78, 5) is 24.4. The molecule has 1 amide bonds. The summed E-state index contributed by atoms with van der Waals surface area (Å²) < 4.78 is 11.1. The molecule has 0 spiro atoms. The van der Waals surface area contributed by atoms with Gasteiger partial charge in [0.2, 0.25) is 0 Å². The zero-order valence-corrected chi connectivity index (χ0v) is 19.1. The van der Waals surface area contributed by atoms with Gasteiger partial charge in [0.1, 0.15) is 11.5 Å². The van der Waals surface area contributed by atoms with Gasteiger partial charge in [-0.05, 0) is 59.8 Å². The minimum atomic E-state index is -0.733. The molecule has 6 nitrogen and oxygen atoms in total. The Kier molecular flexibility index (Phi) is 7.66. The fourth-order valence-corrected chi connectivity index (χ4v) is 3.30. The van der Waals surface area contributed by atoms with Crippen molar-refractivity contribution in [3.05, 3.63) is 114 Å². The molecule has 0 aromatic heterocycles. The van der Waals surface area contributed by atoms with Crippen LogP contribution in [0.4, 0.5) is 0 Å². The largest absolute Gasteiger partial charge is 0.480 e. The minimum Gasteiger partial charge on any atom is -0.480 e. The van der Waals surface area contributed by atoms with Crippen LogP contribution in [0, 0.1) is 0 Å². The Morgan fingerprint density at radius 1 is 0.829 bits per heavy atom. The molecule has 4 aromatic rings. The van der Waals surface area contributed by atoms with Crippen LogP contribution in [0.1, 0.15) is 18.1 Å². The highest BCUT2D eigenvalue weighted by Gasteiger charge is 2.15. The molecule has 35 heavy (non-hydrogen) atoms. The number of carbonyl (C=O) groups is 2. The second-order valence-electron chi connectivity index (χ2n) is 7.71. The Bertz CT molecular complexity index is 1360. The lowest BCUT2D eigenvalue weighted by atomic mass is 10.1. The monoisotopic (exact) mass is 464 g/mol. The third-order valence-corrected chi connectivity index (χ3v) is 5.12. The van der Waals surface area contributed by atoms with Crippen molar-refractivity contribution in [1.82, 2.24) is 5.43 Å². The van der Waals surface area contributed by atoms with Crippen molar-refractivity contribution in [3.8, 4) is 11.5 Å². The van der Waals surface area contributed by atoms with Gasteiger partial charge in [0.05, 0.1) is 6.21 Å². The Morgan fingerprint density at radius 3 is 2.34 bits per heavy atom. The molecule has 0 aliphatic heterocycles. The van der Waals surface area contributed by atoms with Crippen molar-refractivity contribution in [2.24, 2.45) is 5.10 Å². The lowest BCUT2D eigenvalue weighted by Crippen LogP contribution is -2.33. The molecular weight excluding hydrogens is 440 g/mol. The SMILES string of the molecule is CC(Oc1cccc2ccccc12)C(=O)N/N=C/c1ccc(OC(=O)/C=C/c2ccccc2)cc1. The lowest BCUT2D eigenvalue weighted by molar-refractivity contribution is -0.129. The first-order chi connectivity index (χ1) is 17.1. The molecular formula is C29H24N2O4. The van der Waals surface area contributed by atoms with E-state index in [1.165, 1.54) is 12.3 Å². The molecule has 1 atom stereocenters. The average molecular weight is 465 g/mol. The maximum absolute atomic E-state index is 12.4. The first kappa shape index (κ1) is 23.4. The third kappa shape index (κ3) is 6.65. The van der Waals surface area contributed by atoms with E-state index in [1.807, 2.05) is 72.8 Å². The van der Waals surface area contributed by atoms with Crippen LogP contribution in [0.2, 0.25) is 0 Å². The number of nitrogens with one attached hydrogen (secondary N) is 1. The number of benzene rings is 4. The predicted molar refractivity (Wildman–Crippen MR) is 137 cm³/mol. The molecule has 0 saturated heterocycles. The number of esters is 1. The van der Waals surface area contributed by atoms with Gasteiger partial charge in [0.15, 0.2) is 6.10 Å². The number of hydrogen-bond donors (Lipinski definition) is 1. The Balaban J connectivity index is 1.27. The molecule has 0 heterocycles. The second kappa shape index (κ2) is 11.4. The molecule has 4 aromatic carbocycles. The highest BCUT2D eigenvalue weighted by molar-refractivity contribution is 5.90. The highest BCUT2D eigenvalue weighted by Crippen LogP contribution is 2.26. The van der Waals surface area contributed by atoms with E-state index in [0.717, 1.165) is 21.9 Å². The van der Waals surface area contributed by atoms with E-state index in [4.69, 9.17) is 9.47 Å². The van der Waals surface area contributed by atoms with Crippen molar-refractivity contribution in [2.75, 3.05) is 0 Å². The number of fused-ring (bicyclic) bond motifs is 1. The number of ether oxygens (including phenoxy) is 2. The summed E-state index contributed by atoms with van der Waals surface area (Å²) in [6.07, 6.45) is 3.84. The van der Waals surface area contributed by atoms with Crippen LogP contribution in [-0.2, 0) is 9.59 Å². The van der Waals surface area contributed by atoms with E-state index < -0.39 is 12.1 Å². The fraction of sp³-hybridized carbons (Fsp3) is 0.0690. The topological polar surface area (TPSA) is 77.0 Å². The molecule has 1 unspecified atom stereocenters. The van der Waals surface area contributed by atoms with Crippen molar-refractivity contribution < 1.29 is 19.1 Å². The maximum atomic E-state index is 12.4. The van der Waals surface area contributed by atoms with Crippen LogP contribution >= 0.6 is 0 Å². The molecule has 6 heteroatoms. The van der Waals surface area contributed by atoms with Gasteiger partial charge >= 0.3 is 5.97 Å². The summed E-state index contributed by atoms with van der Waals surface area (Å²) in [6, 6.07) is 29.8. The van der Waals surface area contributed by atoms with E-state index >= 15 is 0 Å². The van der Waals surface area contributed by atoms with Gasteiger partial charge in [0.25, 0.3) is 5.91 Å². The fourth-order valence-electron chi connectivity index (χ4n) is 3.30. The van der Waals surface area contributed by atoms with E-state index in [2.05, 4.69) is 10.5 Å². The summed E-state index contributed by atoms with van der Waals surface area (Å²) in [6.45, 7) is 1.67. The molecule has 0 fully saturated rings. The van der Waals surface area contributed by atoms with E-state index in [-0.39, 0.29) is 5.91 Å². The first-order valence-electron chi connectivity index (χ1n) is 11.1. The van der Waals surface area contributed by atoms with Gasteiger partial charge in [-0.15, -0.1) is 0 Å². The third-order valence-electron chi connectivity index (χ3n) is 5.12. The Hall–Kier alpha value is -4.71. The van der Waals surface area contributed by atoms with Crippen LogP contribution in [-0.4, -0.2) is 24.2 Å². The molecule has 0 saturated carbocycles. The molecule has 0 bridgehead atoms. The van der Waals surface area contributed by atoms with E-state index in [0.29, 0.717) is 11.5 Å². The second-order valence-corrected chi connectivity index (χ2v) is 7.71. The number of hydrazone groups is 1. The highest BCUT2D eigenvalue weighted by atomic mass is 16.5. The molecule has 4 rings (SSSR count). The number of carbonyl (C=O) groups excluding carboxylic acids is 2. The van der Waals surface area contributed by atoms with Crippen molar-refractivity contribution in [2.45, 2.75) is 13.0 Å². The molecule has 1 N–H and O–H groups in total. The van der Waals surface area contributed by atoms with Crippen molar-refractivity contribution in [3.63, 3.8) is 0 Å². The first-order valence-corrected chi connectivity index (χ1v) is 11.1. The Labute approximate surface area is 203 Å². The van der Waals surface area contributed by atoms with Crippen LogP contribution in [0.15, 0.2) is 108 Å². The van der Waals surface area contributed by atoms with E-state index in [9.17, 15) is 9.59 Å². The van der Waals surface area contributed by atoms with Crippen LogP contribution in [0.3, 0.4) is 0 Å². The number of hydrogen-bond acceptors (Lipinski definition) is 5. The lowest BCUT2D eigenvalue weighted by Gasteiger charge is -2.14. The molecule has 174 valence electrons. The summed E-state index contributed by atoms with van der Waals surface area (Å²) in [5, 5.41) is 5.97. The summed E-state index contributed by atoms with van der Waals surface area (Å²) in [5.74, 6) is 0.206. The smallest absolute Gasteiger partial charge is 0.336 e. The summed E-state index contributed by atoms with van der Waals surface area (Å²) in [7, 11) is 0. The predicted octanol–water partition coefficient (Wildman–Crippen LogP) is 5.38. The zero-order valence-electron chi connectivity index (χ0n) is 19.1. The summed E-state index contributed by atoms with van der Waals surface area (Å²) >= 11 is 0. The van der Waals surface area contributed by atoms with Crippen LogP contribution in [0.25, 0.3) is 16.8 Å². The number of rotatable bonds is 8. The van der Waals surface area contributed by atoms with Gasteiger partial charge in [-0.3, -0.25) is 4.79 Å². The van der Waals surface area contributed by atoms with Crippen molar-refractivity contribution >= 4 is 34.9 Å². The Morgan fingerprint density at radius 2 is 1.54 bits per heavy atom. The van der Waals surface area contributed by atoms with Gasteiger partial charge < -0.3 is 9.47 Å². The van der Waals surface area contributed by atoms with Gasteiger partial charge in [-0.2, -0.15) is 5.10 Å². The molecule has 0 aliphatic carbocycles. The molecule has 0 aliphatic rings. The standard InChI is InChI=1S/C29H24N2O4/c1-21(34-27-13-7-11-24-10-5-6-12-26(24)27)29(33)31-30-20-23-14-17-25(18-15-23)35-28(32)19-16-22-8-3-2-4-9-22/h2-21H,1H3,(H,31,33)/b19-16+,30-20+. The van der Waals surface area contributed by atoms with Crippen LogP contribution in [0.5, 0.6) is 11.5 Å². The van der Waals surface area contributed by atoms with E-state index in [1.54, 1.807) is 37.3 Å². The zero-order chi connectivity index (χ0) is 24.5. The number of amides is 1. The van der Waals surface area contributed by atoms with Gasteiger partial charge in [0, 0.05) is 11.5 Å². The van der Waals surface area contributed by atoms with Gasteiger partial charge in [-0.1, -0.05) is 66.7 Å². The summed E-state index contributed by atoms with van der Waals surface area (Å²) in [5.41, 5.74) is 4.13. The maximum Gasteiger partial charge on any atom is 0.336 e. The quantitative estimate of drug-likeness (QED) is 0.125. The normalized spacial score (nSPS) is 12.0. The number of nitrogens with zero attached hydrogens (tertiary/aromatic N) is 1. The minimum absolute atomic E-state index is 0.370. The molecule has 0 radical (unpaired) electrons. The van der Waals surface area contributed by atoms with Crippen LogP contribution < -0.4 is 14.9 Å². The average Bonchev–Trinajstić information content (AvgIpc) is 2.89.